The maximum absolute atomic E-state index is 12.1. The minimum Gasteiger partial charge on any atom is -0.497 e. The molecule has 2 N–H and O–H groups in total. The van der Waals surface area contributed by atoms with Crippen LogP contribution in [0.25, 0.3) is 0 Å². The van der Waals surface area contributed by atoms with Crippen molar-refractivity contribution in [2.45, 2.75) is 13.0 Å². The van der Waals surface area contributed by atoms with Crippen molar-refractivity contribution in [2.75, 3.05) is 21.3 Å². The molecule has 0 aliphatic heterocycles. The number of oxime groups is 1. The summed E-state index contributed by atoms with van der Waals surface area (Å²) in [6, 6.07) is 11.8. The van der Waals surface area contributed by atoms with E-state index in [1.807, 2.05) is 0 Å². The first-order chi connectivity index (χ1) is 13.0. The van der Waals surface area contributed by atoms with Crippen LogP contribution in [0.2, 0.25) is 0 Å². The fourth-order valence-electron chi connectivity index (χ4n) is 2.12. The highest BCUT2D eigenvalue weighted by Crippen LogP contribution is 2.27. The molecule has 0 heterocycles. The number of carbonyl (C=O) groups is 1. The molecule has 8 heteroatoms. The van der Waals surface area contributed by atoms with Crippen molar-refractivity contribution in [3.05, 3.63) is 48.0 Å². The van der Waals surface area contributed by atoms with E-state index in [4.69, 9.17) is 29.5 Å². The van der Waals surface area contributed by atoms with Gasteiger partial charge in [0.15, 0.2) is 23.4 Å². The van der Waals surface area contributed by atoms with Gasteiger partial charge in [-0.25, -0.2) is 4.79 Å². The molecule has 0 saturated heterocycles. The molecule has 8 nitrogen and oxygen atoms in total. The molecule has 0 aliphatic carbocycles. The minimum absolute atomic E-state index is 0.0148. The predicted octanol–water partition coefficient (Wildman–Crippen LogP) is 2.34. The third-order valence-electron chi connectivity index (χ3n) is 3.62. The molecule has 0 aromatic heterocycles. The SMILES string of the molecule is COc1ccc(O[C@H](C)C(=O)O/N=C(/N)c2ccc(OC)c(OC)c2)cc1. The summed E-state index contributed by atoms with van der Waals surface area (Å²) < 4.78 is 20.9. The number of methoxy groups -OCH3 is 3. The molecule has 0 amide bonds. The molecule has 27 heavy (non-hydrogen) atoms. The summed E-state index contributed by atoms with van der Waals surface area (Å²) in [6.45, 7) is 1.55. The average Bonchev–Trinajstić information content (AvgIpc) is 2.71. The zero-order valence-electron chi connectivity index (χ0n) is 15.6. The van der Waals surface area contributed by atoms with Crippen LogP contribution >= 0.6 is 0 Å². The highest BCUT2D eigenvalue weighted by Gasteiger charge is 2.17. The Morgan fingerprint density at radius 2 is 1.56 bits per heavy atom. The fraction of sp³-hybridized carbons (Fsp3) is 0.263. The molecule has 2 aromatic carbocycles. The van der Waals surface area contributed by atoms with Gasteiger partial charge in [-0.05, 0) is 49.4 Å². The zero-order valence-corrected chi connectivity index (χ0v) is 15.6. The highest BCUT2D eigenvalue weighted by molar-refractivity contribution is 5.98. The van der Waals surface area contributed by atoms with Gasteiger partial charge in [0.2, 0.25) is 0 Å². The molecule has 1 atom stereocenters. The number of rotatable bonds is 8. The Hall–Kier alpha value is -3.42. The number of carbonyl (C=O) groups excluding carboxylic acids is 1. The third-order valence-corrected chi connectivity index (χ3v) is 3.62. The largest absolute Gasteiger partial charge is 0.497 e. The van der Waals surface area contributed by atoms with E-state index in [0.717, 1.165) is 0 Å². The van der Waals surface area contributed by atoms with Crippen molar-refractivity contribution < 1.29 is 28.6 Å². The van der Waals surface area contributed by atoms with Crippen molar-refractivity contribution in [1.82, 2.24) is 0 Å². The molecular weight excluding hydrogens is 352 g/mol. The number of ether oxygens (including phenoxy) is 4. The van der Waals surface area contributed by atoms with E-state index in [1.165, 1.54) is 14.2 Å². The topological polar surface area (TPSA) is 102 Å². The second kappa shape index (κ2) is 9.33. The average molecular weight is 374 g/mol. The second-order valence-corrected chi connectivity index (χ2v) is 5.39. The molecule has 0 fully saturated rings. The van der Waals surface area contributed by atoms with Gasteiger partial charge < -0.3 is 29.5 Å². The van der Waals surface area contributed by atoms with Gasteiger partial charge in [0.05, 0.1) is 21.3 Å². The van der Waals surface area contributed by atoms with Crippen LogP contribution in [0.4, 0.5) is 0 Å². The molecule has 2 aromatic rings. The second-order valence-electron chi connectivity index (χ2n) is 5.39. The number of nitrogens with zero attached hydrogens (tertiary/aromatic N) is 1. The van der Waals surface area contributed by atoms with Gasteiger partial charge in [-0.1, -0.05) is 5.16 Å². The van der Waals surface area contributed by atoms with Crippen LogP contribution in [0.3, 0.4) is 0 Å². The van der Waals surface area contributed by atoms with Gasteiger partial charge in [0.25, 0.3) is 0 Å². The van der Waals surface area contributed by atoms with Crippen molar-refractivity contribution in [2.24, 2.45) is 10.9 Å². The first kappa shape index (κ1) is 19.9. The Labute approximate surface area is 157 Å². The lowest BCUT2D eigenvalue weighted by atomic mass is 10.2. The number of nitrogens with two attached hydrogens (primary N) is 1. The molecular formula is C19H22N2O6. The normalized spacial score (nSPS) is 12.1. The van der Waals surface area contributed by atoms with Crippen LogP contribution in [0.1, 0.15) is 12.5 Å². The monoisotopic (exact) mass is 374 g/mol. The van der Waals surface area contributed by atoms with E-state index in [2.05, 4.69) is 5.16 Å². The maximum Gasteiger partial charge on any atom is 0.374 e. The van der Waals surface area contributed by atoms with Crippen LogP contribution in [-0.4, -0.2) is 39.2 Å². The van der Waals surface area contributed by atoms with Gasteiger partial charge >= 0.3 is 5.97 Å². The van der Waals surface area contributed by atoms with Crippen LogP contribution in [0.15, 0.2) is 47.6 Å². The number of benzene rings is 2. The van der Waals surface area contributed by atoms with Crippen LogP contribution in [0.5, 0.6) is 23.0 Å². The quantitative estimate of drug-likeness (QED) is 0.327. The molecule has 0 unspecified atom stereocenters. The molecule has 0 saturated carbocycles. The van der Waals surface area contributed by atoms with Crippen molar-refractivity contribution in [3.63, 3.8) is 0 Å². The third kappa shape index (κ3) is 5.27. The lowest BCUT2D eigenvalue weighted by Gasteiger charge is -2.12. The predicted molar refractivity (Wildman–Crippen MR) is 99.4 cm³/mol. The van der Waals surface area contributed by atoms with Crippen LogP contribution < -0.4 is 24.7 Å². The maximum atomic E-state index is 12.1. The summed E-state index contributed by atoms with van der Waals surface area (Å²) in [6.07, 6.45) is -0.875. The lowest BCUT2D eigenvalue weighted by molar-refractivity contribution is -0.151. The molecule has 0 aliphatic rings. The Kier molecular flexibility index (Phi) is 6.87. The van der Waals surface area contributed by atoms with E-state index in [9.17, 15) is 4.79 Å². The highest BCUT2D eigenvalue weighted by atomic mass is 16.7. The van der Waals surface area contributed by atoms with Crippen molar-refractivity contribution in [3.8, 4) is 23.0 Å². The molecule has 0 bridgehead atoms. The Balaban J connectivity index is 1.99. The van der Waals surface area contributed by atoms with E-state index in [-0.39, 0.29) is 5.84 Å². The zero-order chi connectivity index (χ0) is 19.8. The Morgan fingerprint density at radius 3 is 2.15 bits per heavy atom. The number of hydrogen-bond donors (Lipinski definition) is 1. The first-order valence-corrected chi connectivity index (χ1v) is 8.06. The van der Waals surface area contributed by atoms with Gasteiger partial charge in [-0.15, -0.1) is 0 Å². The molecule has 2 rings (SSSR count). The summed E-state index contributed by atoms with van der Waals surface area (Å²) >= 11 is 0. The Bertz CT molecular complexity index is 804. The number of hydrogen-bond acceptors (Lipinski definition) is 7. The fourth-order valence-corrected chi connectivity index (χ4v) is 2.12. The van der Waals surface area contributed by atoms with Gasteiger partial charge in [-0.3, -0.25) is 0 Å². The standard InChI is InChI=1S/C19H22N2O6/c1-12(26-15-8-6-14(23-2)7-9-15)19(22)27-21-18(20)13-5-10-16(24-3)17(11-13)25-4/h5-12H,1-4H3,(H2,20,21)/t12-/m1/s1. The van der Waals surface area contributed by atoms with Gasteiger partial charge in [0, 0.05) is 5.56 Å². The van der Waals surface area contributed by atoms with E-state index in [1.54, 1.807) is 56.5 Å². The van der Waals surface area contributed by atoms with Crippen molar-refractivity contribution in [1.29, 1.82) is 0 Å². The summed E-state index contributed by atoms with van der Waals surface area (Å²) in [5.74, 6) is 1.54. The summed E-state index contributed by atoms with van der Waals surface area (Å²) in [7, 11) is 4.60. The summed E-state index contributed by atoms with van der Waals surface area (Å²) in [5.41, 5.74) is 6.38. The smallest absolute Gasteiger partial charge is 0.374 e. The summed E-state index contributed by atoms with van der Waals surface area (Å²) in [4.78, 5) is 16.9. The van der Waals surface area contributed by atoms with Crippen LogP contribution in [0, 0.1) is 0 Å². The summed E-state index contributed by atoms with van der Waals surface area (Å²) in [5, 5.41) is 3.66. The molecule has 0 spiro atoms. The molecule has 0 radical (unpaired) electrons. The Morgan fingerprint density at radius 1 is 0.926 bits per heavy atom. The van der Waals surface area contributed by atoms with E-state index >= 15 is 0 Å². The number of amidine groups is 1. The van der Waals surface area contributed by atoms with E-state index < -0.39 is 12.1 Å². The van der Waals surface area contributed by atoms with E-state index in [0.29, 0.717) is 28.6 Å². The van der Waals surface area contributed by atoms with Gasteiger partial charge in [0.1, 0.15) is 11.5 Å². The molecule has 144 valence electrons. The lowest BCUT2D eigenvalue weighted by Crippen LogP contribution is -2.26. The first-order valence-electron chi connectivity index (χ1n) is 8.06. The van der Waals surface area contributed by atoms with Gasteiger partial charge in [-0.2, -0.15) is 0 Å². The minimum atomic E-state index is -0.875. The van der Waals surface area contributed by atoms with Crippen LogP contribution in [-0.2, 0) is 9.63 Å². The van der Waals surface area contributed by atoms with Crippen molar-refractivity contribution >= 4 is 11.8 Å².